The van der Waals surface area contributed by atoms with E-state index in [4.69, 9.17) is 18.0 Å². The first kappa shape index (κ1) is 14.9. The van der Waals surface area contributed by atoms with Gasteiger partial charge in [0.25, 0.3) is 5.91 Å². The summed E-state index contributed by atoms with van der Waals surface area (Å²) in [4.78, 5) is 20.9. The Kier molecular flexibility index (Phi) is 4.35. The number of carbonyl (C=O) groups is 1. The van der Waals surface area contributed by atoms with E-state index >= 15 is 0 Å². The van der Waals surface area contributed by atoms with Crippen LogP contribution in [0.25, 0.3) is 0 Å². The highest BCUT2D eigenvalue weighted by molar-refractivity contribution is 7.80. The van der Waals surface area contributed by atoms with Gasteiger partial charge in [-0.2, -0.15) is 0 Å². The summed E-state index contributed by atoms with van der Waals surface area (Å²) in [6, 6.07) is 3.82. The van der Waals surface area contributed by atoms with Gasteiger partial charge in [-0.1, -0.05) is 19.1 Å². The lowest BCUT2D eigenvalue weighted by Gasteiger charge is -2.22. The first-order chi connectivity index (χ1) is 9.40. The molecular weight excluding hydrogens is 272 g/mol. The van der Waals surface area contributed by atoms with Crippen molar-refractivity contribution in [1.29, 1.82) is 0 Å². The summed E-state index contributed by atoms with van der Waals surface area (Å²) in [6.07, 6.45) is 1.55. The fourth-order valence-electron chi connectivity index (χ4n) is 2.62. The minimum absolute atomic E-state index is 0.0318. The monoisotopic (exact) mass is 292 g/mol. The van der Waals surface area contributed by atoms with Crippen molar-refractivity contribution in [1.82, 2.24) is 14.8 Å². The molecule has 2 atom stereocenters. The molecular formula is C14H20N4OS. The third kappa shape index (κ3) is 2.96. The maximum Gasteiger partial charge on any atom is 0.272 e. The second-order valence-electron chi connectivity index (χ2n) is 5.51. The Bertz CT molecular complexity index is 514. The lowest BCUT2D eigenvalue weighted by atomic mass is 10.1. The third-order valence-electron chi connectivity index (χ3n) is 3.79. The largest absolute Gasteiger partial charge is 0.389 e. The summed E-state index contributed by atoms with van der Waals surface area (Å²) in [5, 5.41) is 0. The van der Waals surface area contributed by atoms with E-state index < -0.39 is 0 Å². The first-order valence-corrected chi connectivity index (χ1v) is 7.02. The summed E-state index contributed by atoms with van der Waals surface area (Å²) >= 11 is 4.87. The van der Waals surface area contributed by atoms with Crippen LogP contribution in [0.5, 0.6) is 0 Å². The van der Waals surface area contributed by atoms with Gasteiger partial charge in [0.1, 0.15) is 10.7 Å². The standard InChI is InChI=1S/C14H20N4OS/c1-9-7-18(8-12(9)17(2)3)14(19)11-5-4-10(6-16-11)13(15)20/h4-6,9,12H,7-8H2,1-3H3,(H2,15,20). The van der Waals surface area contributed by atoms with Gasteiger partial charge < -0.3 is 15.5 Å². The molecule has 20 heavy (non-hydrogen) atoms. The van der Waals surface area contributed by atoms with Gasteiger partial charge in [0.2, 0.25) is 0 Å². The number of amides is 1. The molecule has 5 nitrogen and oxygen atoms in total. The topological polar surface area (TPSA) is 62.5 Å². The molecule has 0 spiro atoms. The molecule has 2 unspecified atom stereocenters. The van der Waals surface area contributed by atoms with Gasteiger partial charge >= 0.3 is 0 Å². The number of likely N-dealkylation sites (N-methyl/N-ethyl adjacent to an activating group) is 1. The van der Waals surface area contributed by atoms with E-state index in [0.29, 0.717) is 28.2 Å². The van der Waals surface area contributed by atoms with Crippen LogP contribution in [0.2, 0.25) is 0 Å². The van der Waals surface area contributed by atoms with Gasteiger partial charge in [-0.15, -0.1) is 0 Å². The predicted molar refractivity (Wildman–Crippen MR) is 82.7 cm³/mol. The molecule has 2 heterocycles. The van der Waals surface area contributed by atoms with E-state index in [2.05, 4.69) is 16.8 Å². The zero-order valence-electron chi connectivity index (χ0n) is 12.0. The average molecular weight is 292 g/mol. The highest BCUT2D eigenvalue weighted by Gasteiger charge is 2.34. The number of rotatable bonds is 3. The predicted octanol–water partition coefficient (Wildman–Crippen LogP) is 0.738. The minimum Gasteiger partial charge on any atom is -0.389 e. The molecule has 2 N–H and O–H groups in total. The molecule has 1 fully saturated rings. The number of thiocarbonyl (C=S) groups is 1. The molecule has 0 aromatic carbocycles. The normalized spacial score (nSPS) is 22.3. The smallest absolute Gasteiger partial charge is 0.272 e. The third-order valence-corrected chi connectivity index (χ3v) is 4.03. The fraction of sp³-hybridized carbons (Fsp3) is 0.500. The van der Waals surface area contributed by atoms with Crippen LogP contribution in [0.1, 0.15) is 23.0 Å². The van der Waals surface area contributed by atoms with Crippen LogP contribution < -0.4 is 5.73 Å². The molecule has 0 saturated carbocycles. The molecule has 1 amide bonds. The van der Waals surface area contributed by atoms with Crippen molar-refractivity contribution >= 4 is 23.1 Å². The van der Waals surface area contributed by atoms with Crippen molar-refractivity contribution in [2.75, 3.05) is 27.2 Å². The number of nitrogens with two attached hydrogens (primary N) is 1. The minimum atomic E-state index is -0.0318. The number of pyridine rings is 1. The quantitative estimate of drug-likeness (QED) is 0.833. The maximum absolute atomic E-state index is 12.4. The van der Waals surface area contributed by atoms with Crippen LogP contribution in [0.3, 0.4) is 0 Å². The first-order valence-electron chi connectivity index (χ1n) is 6.61. The molecule has 1 saturated heterocycles. The van der Waals surface area contributed by atoms with E-state index in [9.17, 15) is 4.79 Å². The van der Waals surface area contributed by atoms with Crippen LogP contribution >= 0.6 is 12.2 Å². The Morgan fingerprint density at radius 2 is 2.15 bits per heavy atom. The highest BCUT2D eigenvalue weighted by Crippen LogP contribution is 2.21. The van der Waals surface area contributed by atoms with Gasteiger partial charge in [0.05, 0.1) is 0 Å². The molecule has 0 bridgehead atoms. The van der Waals surface area contributed by atoms with E-state index in [0.717, 1.165) is 13.1 Å². The highest BCUT2D eigenvalue weighted by atomic mass is 32.1. The van der Waals surface area contributed by atoms with Gasteiger partial charge in [0, 0.05) is 30.9 Å². The number of hydrogen-bond donors (Lipinski definition) is 1. The lowest BCUT2D eigenvalue weighted by molar-refractivity contribution is 0.0775. The molecule has 1 aliphatic rings. The van der Waals surface area contributed by atoms with E-state index in [1.807, 2.05) is 19.0 Å². The Labute approximate surface area is 124 Å². The second kappa shape index (κ2) is 5.85. The molecule has 2 rings (SSSR count). The molecule has 1 aromatic heterocycles. The fourth-order valence-corrected chi connectivity index (χ4v) is 2.74. The molecule has 108 valence electrons. The Morgan fingerprint density at radius 1 is 1.45 bits per heavy atom. The van der Waals surface area contributed by atoms with Crippen LogP contribution in [-0.4, -0.2) is 58.9 Å². The van der Waals surface area contributed by atoms with Gasteiger partial charge in [0.15, 0.2) is 0 Å². The number of aromatic nitrogens is 1. The molecule has 1 aliphatic heterocycles. The second-order valence-corrected chi connectivity index (χ2v) is 5.95. The summed E-state index contributed by atoms with van der Waals surface area (Å²) < 4.78 is 0. The number of nitrogens with zero attached hydrogens (tertiary/aromatic N) is 3. The van der Waals surface area contributed by atoms with E-state index in [-0.39, 0.29) is 5.91 Å². The van der Waals surface area contributed by atoms with Crippen LogP contribution in [-0.2, 0) is 0 Å². The SMILES string of the molecule is CC1CN(C(=O)c2ccc(C(N)=S)cn2)CC1N(C)C. The molecule has 6 heteroatoms. The number of carbonyl (C=O) groups excluding carboxylic acids is 1. The maximum atomic E-state index is 12.4. The Balaban J connectivity index is 2.10. The molecule has 0 aliphatic carbocycles. The molecule has 1 aromatic rings. The Morgan fingerprint density at radius 3 is 2.60 bits per heavy atom. The Hall–Kier alpha value is -1.53. The van der Waals surface area contributed by atoms with E-state index in [1.165, 1.54) is 0 Å². The van der Waals surface area contributed by atoms with Crippen LogP contribution in [0.4, 0.5) is 0 Å². The van der Waals surface area contributed by atoms with Crippen molar-refractivity contribution in [3.05, 3.63) is 29.6 Å². The molecule has 0 radical (unpaired) electrons. The summed E-state index contributed by atoms with van der Waals surface area (Å²) in [5.74, 6) is 0.431. The van der Waals surface area contributed by atoms with Crippen molar-refractivity contribution in [3.63, 3.8) is 0 Å². The number of hydrogen-bond acceptors (Lipinski definition) is 4. The number of likely N-dealkylation sites (tertiary alicyclic amines) is 1. The zero-order valence-corrected chi connectivity index (χ0v) is 12.9. The van der Waals surface area contributed by atoms with Crippen molar-refractivity contribution in [2.24, 2.45) is 11.7 Å². The lowest BCUT2D eigenvalue weighted by Crippen LogP contribution is -2.36. The summed E-state index contributed by atoms with van der Waals surface area (Å²) in [7, 11) is 4.09. The van der Waals surface area contributed by atoms with Gasteiger partial charge in [-0.25, -0.2) is 0 Å². The van der Waals surface area contributed by atoms with Gasteiger partial charge in [-0.05, 0) is 32.1 Å². The van der Waals surface area contributed by atoms with Crippen LogP contribution in [0.15, 0.2) is 18.3 Å². The van der Waals surface area contributed by atoms with Crippen molar-refractivity contribution in [2.45, 2.75) is 13.0 Å². The van der Waals surface area contributed by atoms with Gasteiger partial charge in [-0.3, -0.25) is 9.78 Å². The van der Waals surface area contributed by atoms with Crippen molar-refractivity contribution in [3.8, 4) is 0 Å². The summed E-state index contributed by atoms with van der Waals surface area (Å²) in [5.41, 5.74) is 6.64. The average Bonchev–Trinajstić information content (AvgIpc) is 2.80. The zero-order chi connectivity index (χ0) is 14.9. The summed E-state index contributed by atoms with van der Waals surface area (Å²) in [6.45, 7) is 3.67. The van der Waals surface area contributed by atoms with Crippen LogP contribution in [0, 0.1) is 5.92 Å². The van der Waals surface area contributed by atoms with Crippen molar-refractivity contribution < 1.29 is 4.79 Å². The van der Waals surface area contributed by atoms with E-state index in [1.54, 1.807) is 18.3 Å².